The monoisotopic (exact) mass is 381 g/mol. The van der Waals surface area contributed by atoms with E-state index in [4.69, 9.17) is 0 Å². The number of para-hydroxylation sites is 1. The van der Waals surface area contributed by atoms with Gasteiger partial charge in [-0.05, 0) is 45.4 Å². The number of hydrogen-bond donors (Lipinski definition) is 2. The molecule has 2 N–H and O–H groups in total. The molecular formula is C18H27N3O4S. The standard InChI is InChI=1S/C18H27N3O4S/c1-13-6-5-7-14(2)17(13)19-15(22)10-21(4)11-16(23)20-18(3)8-9-26(24,25)12-18/h5-7H,8-12H2,1-4H3,(H,19,22)(H,20,23)/t18-/m1/s1. The van der Waals surface area contributed by atoms with Crippen LogP contribution in [0.25, 0.3) is 0 Å². The number of carbonyl (C=O) groups excluding carboxylic acids is 2. The highest BCUT2D eigenvalue weighted by Gasteiger charge is 2.39. The van der Waals surface area contributed by atoms with Gasteiger partial charge in [-0.3, -0.25) is 14.5 Å². The highest BCUT2D eigenvalue weighted by Crippen LogP contribution is 2.22. The molecule has 1 aromatic rings. The van der Waals surface area contributed by atoms with Crippen molar-refractivity contribution < 1.29 is 18.0 Å². The summed E-state index contributed by atoms with van der Waals surface area (Å²) in [6, 6.07) is 5.78. The van der Waals surface area contributed by atoms with Crippen molar-refractivity contribution >= 4 is 27.3 Å². The number of hydrogen-bond acceptors (Lipinski definition) is 5. The molecule has 2 rings (SSSR count). The van der Waals surface area contributed by atoms with Crippen LogP contribution >= 0.6 is 0 Å². The van der Waals surface area contributed by atoms with Crippen molar-refractivity contribution in [1.29, 1.82) is 0 Å². The van der Waals surface area contributed by atoms with E-state index in [1.807, 2.05) is 32.0 Å². The van der Waals surface area contributed by atoms with Gasteiger partial charge in [-0.1, -0.05) is 18.2 Å². The van der Waals surface area contributed by atoms with Crippen LogP contribution in [0.3, 0.4) is 0 Å². The molecule has 2 amide bonds. The number of carbonyl (C=O) groups is 2. The fraction of sp³-hybridized carbons (Fsp3) is 0.556. The first kappa shape index (κ1) is 20.4. The Bertz CT molecular complexity index is 786. The van der Waals surface area contributed by atoms with Gasteiger partial charge in [-0.25, -0.2) is 8.42 Å². The van der Waals surface area contributed by atoms with E-state index in [-0.39, 0.29) is 36.4 Å². The second-order valence-corrected chi connectivity index (χ2v) is 9.62. The maximum absolute atomic E-state index is 12.2. The minimum absolute atomic E-state index is 0.0236. The Labute approximate surface area is 155 Å². The SMILES string of the molecule is Cc1cccc(C)c1NC(=O)CN(C)CC(=O)N[C@]1(C)CCS(=O)(=O)C1. The molecule has 26 heavy (non-hydrogen) atoms. The number of sulfone groups is 1. The van der Waals surface area contributed by atoms with E-state index >= 15 is 0 Å². The summed E-state index contributed by atoms with van der Waals surface area (Å²) in [5.41, 5.74) is 2.03. The molecule has 1 atom stereocenters. The second kappa shape index (κ2) is 7.75. The molecule has 1 aliphatic heterocycles. The number of aryl methyl sites for hydroxylation is 2. The Hall–Kier alpha value is -1.93. The predicted molar refractivity (Wildman–Crippen MR) is 102 cm³/mol. The third kappa shape index (κ3) is 5.54. The van der Waals surface area contributed by atoms with Crippen LogP contribution in [0.4, 0.5) is 5.69 Å². The van der Waals surface area contributed by atoms with Gasteiger partial charge in [-0.2, -0.15) is 0 Å². The Morgan fingerprint density at radius 1 is 1.15 bits per heavy atom. The minimum Gasteiger partial charge on any atom is -0.349 e. The molecule has 1 saturated heterocycles. The zero-order chi connectivity index (χ0) is 19.5. The van der Waals surface area contributed by atoms with Crippen LogP contribution in [0, 0.1) is 13.8 Å². The van der Waals surface area contributed by atoms with Gasteiger partial charge in [0.05, 0.1) is 30.1 Å². The number of nitrogens with one attached hydrogen (secondary N) is 2. The Morgan fingerprint density at radius 2 is 1.73 bits per heavy atom. The molecule has 1 fully saturated rings. The average molecular weight is 381 g/mol. The average Bonchev–Trinajstić information content (AvgIpc) is 2.75. The van der Waals surface area contributed by atoms with E-state index in [1.165, 1.54) is 0 Å². The summed E-state index contributed by atoms with van der Waals surface area (Å²) in [6.45, 7) is 5.68. The predicted octanol–water partition coefficient (Wildman–Crippen LogP) is 0.867. The molecule has 0 spiro atoms. The van der Waals surface area contributed by atoms with Crippen molar-refractivity contribution in [3.05, 3.63) is 29.3 Å². The van der Waals surface area contributed by atoms with Gasteiger partial charge >= 0.3 is 0 Å². The largest absolute Gasteiger partial charge is 0.349 e. The van der Waals surface area contributed by atoms with E-state index in [0.29, 0.717) is 6.42 Å². The number of amides is 2. The molecule has 0 aliphatic carbocycles. The molecule has 0 saturated carbocycles. The summed E-state index contributed by atoms with van der Waals surface area (Å²) in [5.74, 6) is -0.431. The molecular weight excluding hydrogens is 354 g/mol. The first-order chi connectivity index (χ1) is 12.0. The van der Waals surface area contributed by atoms with Crippen LogP contribution in [-0.4, -0.2) is 62.3 Å². The molecule has 0 radical (unpaired) electrons. The highest BCUT2D eigenvalue weighted by molar-refractivity contribution is 7.91. The fourth-order valence-electron chi connectivity index (χ4n) is 3.22. The van der Waals surface area contributed by atoms with Crippen LogP contribution in [0.2, 0.25) is 0 Å². The zero-order valence-electron chi connectivity index (χ0n) is 15.8. The van der Waals surface area contributed by atoms with Gasteiger partial charge in [0.1, 0.15) is 0 Å². The number of anilines is 1. The maximum atomic E-state index is 12.2. The van der Waals surface area contributed by atoms with Gasteiger partial charge in [0.2, 0.25) is 11.8 Å². The summed E-state index contributed by atoms with van der Waals surface area (Å²) >= 11 is 0. The fourth-order valence-corrected chi connectivity index (χ4v) is 5.32. The summed E-state index contributed by atoms with van der Waals surface area (Å²) in [6.07, 6.45) is 0.415. The molecule has 1 aliphatic rings. The Balaban J connectivity index is 1.85. The van der Waals surface area contributed by atoms with Gasteiger partial charge < -0.3 is 10.6 Å². The third-order valence-corrected chi connectivity index (χ3v) is 6.42. The first-order valence-electron chi connectivity index (χ1n) is 8.56. The van der Waals surface area contributed by atoms with Crippen LogP contribution in [0.5, 0.6) is 0 Å². The van der Waals surface area contributed by atoms with E-state index in [9.17, 15) is 18.0 Å². The van der Waals surface area contributed by atoms with Crippen molar-refractivity contribution in [2.24, 2.45) is 0 Å². The summed E-state index contributed by atoms with van der Waals surface area (Å²) in [7, 11) is -1.40. The molecule has 144 valence electrons. The van der Waals surface area contributed by atoms with Crippen LogP contribution in [0.1, 0.15) is 24.5 Å². The van der Waals surface area contributed by atoms with Gasteiger partial charge in [0, 0.05) is 5.69 Å². The van der Waals surface area contributed by atoms with Crippen LogP contribution in [0.15, 0.2) is 18.2 Å². The number of rotatable bonds is 6. The topological polar surface area (TPSA) is 95.6 Å². The van der Waals surface area contributed by atoms with Crippen LogP contribution < -0.4 is 10.6 Å². The normalized spacial score (nSPS) is 21.6. The molecule has 1 aromatic carbocycles. The van der Waals surface area contributed by atoms with Crippen molar-refractivity contribution in [1.82, 2.24) is 10.2 Å². The van der Waals surface area contributed by atoms with E-state index in [2.05, 4.69) is 10.6 Å². The molecule has 0 unspecified atom stereocenters. The molecule has 1 heterocycles. The number of benzene rings is 1. The molecule has 0 bridgehead atoms. The maximum Gasteiger partial charge on any atom is 0.238 e. The lowest BCUT2D eigenvalue weighted by Gasteiger charge is -2.25. The molecule has 8 heteroatoms. The minimum atomic E-state index is -3.08. The van der Waals surface area contributed by atoms with Crippen molar-refractivity contribution in [2.45, 2.75) is 32.7 Å². The smallest absolute Gasteiger partial charge is 0.238 e. The number of nitrogens with zero attached hydrogens (tertiary/aromatic N) is 1. The summed E-state index contributed by atoms with van der Waals surface area (Å²) < 4.78 is 23.2. The number of likely N-dealkylation sites (N-methyl/N-ethyl adjacent to an activating group) is 1. The quantitative estimate of drug-likeness (QED) is 0.762. The van der Waals surface area contributed by atoms with E-state index in [0.717, 1.165) is 16.8 Å². The summed E-state index contributed by atoms with van der Waals surface area (Å²) in [4.78, 5) is 26.0. The lowest BCUT2D eigenvalue weighted by molar-refractivity contribution is -0.124. The Morgan fingerprint density at radius 3 is 2.27 bits per heavy atom. The first-order valence-corrected chi connectivity index (χ1v) is 10.4. The van der Waals surface area contributed by atoms with E-state index < -0.39 is 15.4 Å². The van der Waals surface area contributed by atoms with Gasteiger partial charge in [0.15, 0.2) is 9.84 Å². The van der Waals surface area contributed by atoms with E-state index in [1.54, 1.807) is 18.9 Å². The molecule has 0 aromatic heterocycles. The van der Waals surface area contributed by atoms with Gasteiger partial charge in [-0.15, -0.1) is 0 Å². The lowest BCUT2D eigenvalue weighted by Crippen LogP contribution is -2.50. The van der Waals surface area contributed by atoms with Crippen molar-refractivity contribution in [2.75, 3.05) is 37.0 Å². The second-order valence-electron chi connectivity index (χ2n) is 7.44. The lowest BCUT2D eigenvalue weighted by atomic mass is 10.0. The molecule has 7 nitrogen and oxygen atoms in total. The van der Waals surface area contributed by atoms with Gasteiger partial charge in [0.25, 0.3) is 0 Å². The zero-order valence-corrected chi connectivity index (χ0v) is 16.6. The summed E-state index contributed by atoms with van der Waals surface area (Å²) in [5, 5.41) is 5.67. The third-order valence-electron chi connectivity index (χ3n) is 4.52. The van der Waals surface area contributed by atoms with Crippen LogP contribution in [-0.2, 0) is 19.4 Å². The van der Waals surface area contributed by atoms with Crippen molar-refractivity contribution in [3.63, 3.8) is 0 Å². The Kier molecular flexibility index (Phi) is 6.08. The van der Waals surface area contributed by atoms with Crippen molar-refractivity contribution in [3.8, 4) is 0 Å². The highest BCUT2D eigenvalue weighted by atomic mass is 32.2.